The number of nitrogens with zero attached hydrogens (tertiary/aromatic N) is 5. The highest BCUT2D eigenvalue weighted by atomic mass is 16.2. The van der Waals surface area contributed by atoms with Crippen LogP contribution >= 0.6 is 0 Å². The predicted octanol–water partition coefficient (Wildman–Crippen LogP) is 4.77. The van der Waals surface area contributed by atoms with E-state index in [0.29, 0.717) is 35.8 Å². The summed E-state index contributed by atoms with van der Waals surface area (Å²) in [6.45, 7) is 3.07. The van der Waals surface area contributed by atoms with Gasteiger partial charge in [0.25, 0.3) is 0 Å². The minimum atomic E-state index is 0.231. The summed E-state index contributed by atoms with van der Waals surface area (Å²) in [4.78, 5) is 36.2. The van der Waals surface area contributed by atoms with E-state index in [9.17, 15) is 9.59 Å². The number of benzene rings is 2. The van der Waals surface area contributed by atoms with Crippen LogP contribution in [0.4, 0.5) is 17.1 Å². The Morgan fingerprint density at radius 1 is 1.07 bits per heavy atom. The van der Waals surface area contributed by atoms with Crippen molar-refractivity contribution in [3.63, 3.8) is 0 Å². The van der Waals surface area contributed by atoms with Crippen molar-refractivity contribution in [1.82, 2.24) is 14.5 Å². The standard InChI is InChI=1S/C32H40N8O2/c1-35-31(32-36-15-17-40(32)16-14-25-8-9-26(24-33)29(34)23-25)37-27-10-12-28(13-11-27)38-18-20-39(21-19-38)30(42)7-5-3-2-4-6-22-41/h8-17,22-24,33H,2-7,18-21,34H2,1H3,(H,35,37)/b16-14+,33-24?. The Kier molecular flexibility index (Phi) is 11.0. The predicted molar refractivity (Wildman–Crippen MR) is 171 cm³/mol. The molecule has 2 aromatic carbocycles. The number of anilines is 3. The maximum atomic E-state index is 12.6. The number of carbonyl (C=O) groups is 2. The van der Waals surface area contributed by atoms with Crippen molar-refractivity contribution in [3.8, 4) is 0 Å². The third-order valence-corrected chi connectivity index (χ3v) is 7.39. The van der Waals surface area contributed by atoms with Gasteiger partial charge in [0.1, 0.15) is 6.29 Å². The number of nitrogen functional groups attached to an aromatic ring is 1. The van der Waals surface area contributed by atoms with E-state index in [0.717, 1.165) is 75.1 Å². The second-order valence-electron chi connectivity index (χ2n) is 10.2. The first-order valence-electron chi connectivity index (χ1n) is 14.4. The number of hydrogen-bond acceptors (Lipinski definition) is 7. The van der Waals surface area contributed by atoms with Crippen molar-refractivity contribution in [2.75, 3.05) is 49.2 Å². The molecule has 42 heavy (non-hydrogen) atoms. The van der Waals surface area contributed by atoms with Gasteiger partial charge in [-0.1, -0.05) is 25.0 Å². The summed E-state index contributed by atoms with van der Waals surface area (Å²) in [7, 11) is 1.73. The number of aliphatic imine (C=N–C) groups is 1. The number of nitrogens with one attached hydrogen (secondary N) is 2. The Hall–Kier alpha value is -4.73. The maximum Gasteiger partial charge on any atom is 0.222 e. The number of amidine groups is 1. The van der Waals surface area contributed by atoms with Gasteiger partial charge >= 0.3 is 0 Å². The van der Waals surface area contributed by atoms with Crippen LogP contribution in [-0.4, -0.2) is 71.9 Å². The van der Waals surface area contributed by atoms with Gasteiger partial charge < -0.3 is 35.6 Å². The first-order chi connectivity index (χ1) is 20.5. The fraction of sp³-hybridized carbons (Fsp3) is 0.344. The number of rotatable bonds is 13. The Labute approximate surface area is 247 Å². The van der Waals surface area contributed by atoms with Gasteiger partial charge in [-0.2, -0.15) is 0 Å². The van der Waals surface area contributed by atoms with Crippen LogP contribution in [0.3, 0.4) is 0 Å². The zero-order valence-corrected chi connectivity index (χ0v) is 24.2. The molecule has 4 N–H and O–H groups in total. The molecule has 0 radical (unpaired) electrons. The van der Waals surface area contributed by atoms with Crippen molar-refractivity contribution in [1.29, 1.82) is 5.41 Å². The minimum absolute atomic E-state index is 0.231. The number of imidazole rings is 1. The second-order valence-corrected chi connectivity index (χ2v) is 10.2. The summed E-state index contributed by atoms with van der Waals surface area (Å²) in [5, 5.41) is 10.8. The highest BCUT2D eigenvalue weighted by molar-refractivity contribution is 6.06. The van der Waals surface area contributed by atoms with E-state index in [-0.39, 0.29) is 5.91 Å². The molecule has 1 aromatic heterocycles. The summed E-state index contributed by atoms with van der Waals surface area (Å²) in [5.74, 6) is 1.53. The molecule has 0 bridgehead atoms. The normalized spacial score (nSPS) is 13.9. The Balaban J connectivity index is 1.29. The van der Waals surface area contributed by atoms with Crippen molar-refractivity contribution < 1.29 is 9.59 Å². The molecule has 10 nitrogen and oxygen atoms in total. The first-order valence-corrected chi connectivity index (χ1v) is 14.4. The number of hydrogen-bond donors (Lipinski definition) is 3. The van der Waals surface area contributed by atoms with E-state index in [1.807, 2.05) is 58.3 Å². The molecule has 220 valence electrons. The Bertz CT molecular complexity index is 1400. The van der Waals surface area contributed by atoms with E-state index >= 15 is 0 Å². The van der Waals surface area contributed by atoms with Gasteiger partial charge in [-0.3, -0.25) is 9.79 Å². The van der Waals surface area contributed by atoms with Crippen LogP contribution in [0.1, 0.15) is 55.5 Å². The lowest BCUT2D eigenvalue weighted by molar-refractivity contribution is -0.131. The van der Waals surface area contributed by atoms with Crippen molar-refractivity contribution in [2.24, 2.45) is 4.99 Å². The molecular weight excluding hydrogens is 528 g/mol. The average Bonchev–Trinajstić information content (AvgIpc) is 3.49. The Morgan fingerprint density at radius 3 is 2.52 bits per heavy atom. The summed E-state index contributed by atoms with van der Waals surface area (Å²) in [6.07, 6.45) is 14.6. The lowest BCUT2D eigenvalue weighted by Gasteiger charge is -2.36. The van der Waals surface area contributed by atoms with Crippen LogP contribution in [0, 0.1) is 5.41 Å². The number of aldehydes is 1. The quantitative estimate of drug-likeness (QED) is 0.0895. The molecule has 4 rings (SSSR count). The molecule has 1 saturated heterocycles. The fourth-order valence-corrected chi connectivity index (χ4v) is 4.95. The highest BCUT2D eigenvalue weighted by Crippen LogP contribution is 2.21. The van der Waals surface area contributed by atoms with E-state index in [2.05, 4.69) is 32.3 Å². The molecule has 0 aliphatic carbocycles. The van der Waals surface area contributed by atoms with Crippen molar-refractivity contribution in [2.45, 2.75) is 38.5 Å². The fourth-order valence-electron chi connectivity index (χ4n) is 4.95. The van der Waals surface area contributed by atoms with Crippen LogP contribution in [-0.2, 0) is 9.59 Å². The number of amides is 1. The lowest BCUT2D eigenvalue weighted by atomic mass is 10.1. The van der Waals surface area contributed by atoms with Gasteiger partial charge in [0, 0.05) is 93.5 Å². The zero-order chi connectivity index (χ0) is 29.7. The topological polar surface area (TPSA) is 133 Å². The number of unbranched alkanes of at least 4 members (excludes halogenated alkanes) is 4. The molecule has 0 atom stereocenters. The van der Waals surface area contributed by atoms with E-state index in [1.165, 1.54) is 6.21 Å². The molecule has 3 aromatic rings. The van der Waals surface area contributed by atoms with Gasteiger partial charge in [-0.25, -0.2) is 4.98 Å². The zero-order valence-electron chi connectivity index (χ0n) is 24.2. The monoisotopic (exact) mass is 568 g/mol. The van der Waals surface area contributed by atoms with Crippen LogP contribution in [0.2, 0.25) is 0 Å². The maximum absolute atomic E-state index is 12.6. The third kappa shape index (κ3) is 8.15. The molecule has 1 amide bonds. The van der Waals surface area contributed by atoms with E-state index < -0.39 is 0 Å². The van der Waals surface area contributed by atoms with Gasteiger partial charge in [-0.15, -0.1) is 0 Å². The highest BCUT2D eigenvalue weighted by Gasteiger charge is 2.21. The third-order valence-electron chi connectivity index (χ3n) is 7.39. The van der Waals surface area contributed by atoms with Gasteiger partial charge in [-0.05, 0) is 54.8 Å². The molecule has 1 fully saturated rings. The first kappa shape index (κ1) is 30.2. The minimum Gasteiger partial charge on any atom is -0.398 e. The number of piperazine rings is 1. The second kappa shape index (κ2) is 15.3. The molecule has 0 saturated carbocycles. The molecule has 0 spiro atoms. The van der Waals surface area contributed by atoms with Crippen LogP contribution in [0.5, 0.6) is 0 Å². The van der Waals surface area contributed by atoms with Crippen LogP contribution in [0.25, 0.3) is 12.3 Å². The Morgan fingerprint density at radius 2 is 1.83 bits per heavy atom. The summed E-state index contributed by atoms with van der Waals surface area (Å²) in [6, 6.07) is 13.8. The van der Waals surface area contributed by atoms with Crippen LogP contribution < -0.4 is 16.0 Å². The summed E-state index contributed by atoms with van der Waals surface area (Å²) < 4.78 is 1.89. The number of nitrogens with two attached hydrogens (primary N) is 1. The number of carbonyl (C=O) groups excluding carboxylic acids is 2. The van der Waals surface area contributed by atoms with Crippen molar-refractivity contribution in [3.05, 3.63) is 71.8 Å². The average molecular weight is 569 g/mol. The molecule has 1 aliphatic rings. The molecule has 1 aliphatic heterocycles. The van der Waals surface area contributed by atoms with E-state index in [1.54, 1.807) is 13.2 Å². The van der Waals surface area contributed by atoms with Gasteiger partial charge in [0.2, 0.25) is 5.91 Å². The van der Waals surface area contributed by atoms with Crippen LogP contribution in [0.15, 0.2) is 59.9 Å². The van der Waals surface area contributed by atoms with E-state index in [4.69, 9.17) is 11.1 Å². The smallest absolute Gasteiger partial charge is 0.222 e. The summed E-state index contributed by atoms with van der Waals surface area (Å²) >= 11 is 0. The van der Waals surface area contributed by atoms with Gasteiger partial charge in [0.05, 0.1) is 0 Å². The van der Waals surface area contributed by atoms with Crippen molar-refractivity contribution >= 4 is 53.6 Å². The lowest BCUT2D eigenvalue weighted by Crippen LogP contribution is -2.48. The SMILES string of the molecule is CN=C(Nc1ccc(N2CCN(C(=O)CCCCCCC=O)CC2)cc1)c1nccn1/C=C/c1ccc(C=N)c(N)c1. The molecule has 2 heterocycles. The molecular formula is C32H40N8O2. The largest absolute Gasteiger partial charge is 0.398 e. The number of aromatic nitrogens is 2. The van der Waals surface area contributed by atoms with Gasteiger partial charge in [0.15, 0.2) is 11.7 Å². The molecule has 10 heteroatoms. The molecule has 0 unspecified atom stereocenters. The summed E-state index contributed by atoms with van der Waals surface area (Å²) in [5.41, 5.74) is 10.2.